The lowest BCUT2D eigenvalue weighted by Crippen LogP contribution is -1.98. The molecule has 0 atom stereocenters. The zero-order chi connectivity index (χ0) is 14.5. The van der Waals surface area contributed by atoms with Crippen molar-refractivity contribution in [2.45, 2.75) is 4.90 Å². The Morgan fingerprint density at radius 1 is 1.30 bits per heavy atom. The lowest BCUT2D eigenvalue weighted by Gasteiger charge is -2.01. The second kappa shape index (κ2) is 4.32. The second-order valence-electron chi connectivity index (χ2n) is 4.60. The molecule has 0 amide bonds. The Hall–Kier alpha value is -1.86. The number of aryl methyl sites for hydroxylation is 1. The molecule has 0 spiro atoms. The minimum Gasteiger partial charge on any atom is -0.397 e. The summed E-state index contributed by atoms with van der Waals surface area (Å²) in [7, 11) is -1.46. The van der Waals surface area contributed by atoms with E-state index >= 15 is 0 Å². The average Bonchev–Trinajstić information content (AvgIpc) is 2.92. The molecule has 104 valence electrons. The van der Waals surface area contributed by atoms with E-state index in [-0.39, 0.29) is 4.90 Å². The molecule has 0 fully saturated rings. The molecule has 2 heterocycles. The highest BCUT2D eigenvalue weighted by atomic mass is 32.2. The molecule has 0 saturated carbocycles. The summed E-state index contributed by atoms with van der Waals surface area (Å²) in [6.07, 6.45) is 1.19. The van der Waals surface area contributed by atoms with E-state index in [0.29, 0.717) is 17.0 Å². The van der Waals surface area contributed by atoms with Crippen molar-refractivity contribution in [3.63, 3.8) is 0 Å². The van der Waals surface area contributed by atoms with E-state index in [4.69, 9.17) is 5.73 Å². The molecule has 1 aromatic carbocycles. The zero-order valence-electron chi connectivity index (χ0n) is 11.0. The molecule has 0 aliphatic heterocycles. The molecular weight excluding hydrogens is 294 g/mol. The third-order valence-corrected chi connectivity index (χ3v) is 5.23. The molecule has 0 unspecified atom stereocenters. The number of imidazole rings is 1. The summed E-state index contributed by atoms with van der Waals surface area (Å²) >= 11 is 1.49. The topological polar surface area (TPSA) is 78.0 Å². The van der Waals surface area contributed by atoms with Crippen molar-refractivity contribution in [3.8, 4) is 10.7 Å². The van der Waals surface area contributed by atoms with Gasteiger partial charge in [0.05, 0.1) is 21.0 Å². The van der Waals surface area contributed by atoms with E-state index in [2.05, 4.69) is 4.98 Å². The number of thiophene rings is 1. The predicted molar refractivity (Wildman–Crippen MR) is 81.5 cm³/mol. The first-order valence-electron chi connectivity index (χ1n) is 5.88. The molecule has 2 N–H and O–H groups in total. The van der Waals surface area contributed by atoms with Crippen molar-refractivity contribution >= 4 is 37.9 Å². The van der Waals surface area contributed by atoms with Gasteiger partial charge in [-0.15, -0.1) is 11.3 Å². The third kappa shape index (κ3) is 1.90. The van der Waals surface area contributed by atoms with Gasteiger partial charge in [0, 0.05) is 13.3 Å². The third-order valence-electron chi connectivity index (χ3n) is 3.17. The minimum absolute atomic E-state index is 0.243. The normalized spacial score (nSPS) is 12.1. The maximum absolute atomic E-state index is 11.8. The van der Waals surface area contributed by atoms with Gasteiger partial charge in [0.1, 0.15) is 5.52 Å². The maximum atomic E-state index is 11.8. The van der Waals surface area contributed by atoms with Crippen molar-refractivity contribution in [2.24, 2.45) is 7.05 Å². The molecule has 5 nitrogen and oxygen atoms in total. The van der Waals surface area contributed by atoms with Crippen LogP contribution in [0.25, 0.3) is 21.7 Å². The Morgan fingerprint density at radius 3 is 2.65 bits per heavy atom. The summed E-state index contributed by atoms with van der Waals surface area (Å²) in [6, 6.07) is 6.97. The molecule has 0 saturated heterocycles. The molecule has 3 rings (SSSR count). The number of nitrogens with two attached hydrogens (primary N) is 1. The van der Waals surface area contributed by atoms with E-state index < -0.39 is 9.84 Å². The first-order chi connectivity index (χ1) is 9.39. The highest BCUT2D eigenvalue weighted by Gasteiger charge is 2.19. The van der Waals surface area contributed by atoms with Crippen LogP contribution in [0.15, 0.2) is 34.5 Å². The first kappa shape index (κ1) is 13.1. The number of sulfone groups is 1. The molecular formula is C13H13N3O2S2. The van der Waals surface area contributed by atoms with E-state index in [1.165, 1.54) is 17.6 Å². The quantitative estimate of drug-likeness (QED) is 0.788. The lowest BCUT2D eigenvalue weighted by molar-refractivity contribution is 0.602. The molecule has 7 heteroatoms. The fourth-order valence-electron chi connectivity index (χ4n) is 2.19. The summed E-state index contributed by atoms with van der Waals surface area (Å²) < 4.78 is 25.6. The van der Waals surface area contributed by atoms with Crippen LogP contribution >= 0.6 is 11.3 Å². The van der Waals surface area contributed by atoms with Gasteiger partial charge in [0.15, 0.2) is 15.7 Å². The van der Waals surface area contributed by atoms with Crippen LogP contribution in [0.4, 0.5) is 5.69 Å². The molecule has 2 aromatic heterocycles. The number of aromatic nitrogens is 2. The fourth-order valence-corrected chi connectivity index (χ4v) is 3.86. The van der Waals surface area contributed by atoms with Gasteiger partial charge in [0.25, 0.3) is 0 Å². The number of para-hydroxylation sites is 1. The summed E-state index contributed by atoms with van der Waals surface area (Å²) in [6.45, 7) is 0. The summed E-state index contributed by atoms with van der Waals surface area (Å²) in [5.41, 5.74) is 7.83. The maximum Gasteiger partial charge on any atom is 0.177 e. The van der Waals surface area contributed by atoms with Crippen LogP contribution in [0, 0.1) is 0 Å². The Bertz CT molecular complexity index is 907. The Labute approximate surface area is 120 Å². The van der Waals surface area contributed by atoms with Crippen molar-refractivity contribution in [1.82, 2.24) is 9.55 Å². The van der Waals surface area contributed by atoms with E-state index in [9.17, 15) is 8.42 Å². The summed E-state index contributed by atoms with van der Waals surface area (Å²) in [5.74, 6) is 0.684. The van der Waals surface area contributed by atoms with Gasteiger partial charge >= 0.3 is 0 Å². The van der Waals surface area contributed by atoms with Gasteiger partial charge in [-0.3, -0.25) is 0 Å². The van der Waals surface area contributed by atoms with Crippen LogP contribution in [0.2, 0.25) is 0 Å². The molecule has 0 bridgehead atoms. The summed E-state index contributed by atoms with van der Waals surface area (Å²) in [4.78, 5) is 5.59. The fraction of sp³-hybridized carbons (Fsp3) is 0.154. The van der Waals surface area contributed by atoms with E-state index in [1.54, 1.807) is 12.1 Å². The van der Waals surface area contributed by atoms with Crippen molar-refractivity contribution < 1.29 is 8.42 Å². The van der Waals surface area contributed by atoms with Crippen LogP contribution in [0.3, 0.4) is 0 Å². The van der Waals surface area contributed by atoms with Crippen LogP contribution in [-0.2, 0) is 16.9 Å². The van der Waals surface area contributed by atoms with Gasteiger partial charge < -0.3 is 10.3 Å². The monoisotopic (exact) mass is 307 g/mol. The standard InChI is InChI=1S/C13H13N3O2S2/c1-16-9-4-3-5-10(20(2,17)18)11(9)15-13(16)12-8(14)6-7-19-12/h3-7H,14H2,1-2H3. The van der Waals surface area contributed by atoms with Crippen LogP contribution < -0.4 is 5.73 Å². The van der Waals surface area contributed by atoms with Crippen molar-refractivity contribution in [2.75, 3.05) is 12.0 Å². The molecule has 20 heavy (non-hydrogen) atoms. The van der Waals surface area contributed by atoms with Gasteiger partial charge in [-0.1, -0.05) is 6.07 Å². The van der Waals surface area contributed by atoms with Crippen molar-refractivity contribution in [3.05, 3.63) is 29.6 Å². The summed E-state index contributed by atoms with van der Waals surface area (Å²) in [5, 5.41) is 1.89. The molecule has 3 aromatic rings. The van der Waals surface area contributed by atoms with Crippen LogP contribution in [0.5, 0.6) is 0 Å². The SMILES string of the molecule is Cn1c(-c2sccc2N)nc2c(S(C)(=O)=O)cccc21. The van der Waals surface area contributed by atoms with Crippen molar-refractivity contribution in [1.29, 1.82) is 0 Å². The predicted octanol–water partition coefficient (Wildman–Crippen LogP) is 2.29. The number of hydrogen-bond acceptors (Lipinski definition) is 5. The molecule has 0 radical (unpaired) electrons. The second-order valence-corrected chi connectivity index (χ2v) is 7.50. The van der Waals surface area contributed by atoms with Crippen LogP contribution in [-0.4, -0.2) is 24.2 Å². The van der Waals surface area contributed by atoms with Gasteiger partial charge in [-0.2, -0.15) is 0 Å². The number of nitrogen functional groups attached to an aromatic ring is 1. The number of rotatable bonds is 2. The number of anilines is 1. The lowest BCUT2D eigenvalue weighted by atomic mass is 10.3. The van der Waals surface area contributed by atoms with Gasteiger partial charge in [-0.25, -0.2) is 13.4 Å². The number of nitrogens with zero attached hydrogens (tertiary/aromatic N) is 2. The molecule has 0 aliphatic carbocycles. The Morgan fingerprint density at radius 2 is 2.05 bits per heavy atom. The minimum atomic E-state index is -3.32. The van der Waals surface area contributed by atoms with E-state index in [0.717, 1.165) is 10.4 Å². The molecule has 0 aliphatic rings. The smallest absolute Gasteiger partial charge is 0.177 e. The van der Waals surface area contributed by atoms with Crippen LogP contribution in [0.1, 0.15) is 0 Å². The Balaban J connectivity index is 2.39. The first-order valence-corrected chi connectivity index (χ1v) is 8.65. The van der Waals surface area contributed by atoms with Gasteiger partial charge in [0.2, 0.25) is 0 Å². The largest absolute Gasteiger partial charge is 0.397 e. The average molecular weight is 307 g/mol. The number of benzene rings is 1. The highest BCUT2D eigenvalue weighted by molar-refractivity contribution is 7.91. The van der Waals surface area contributed by atoms with E-state index in [1.807, 2.05) is 29.1 Å². The van der Waals surface area contributed by atoms with Gasteiger partial charge in [-0.05, 0) is 23.6 Å². The number of fused-ring (bicyclic) bond motifs is 1. The Kier molecular flexibility index (Phi) is 2.84. The highest BCUT2D eigenvalue weighted by Crippen LogP contribution is 2.34. The number of hydrogen-bond donors (Lipinski definition) is 1. The zero-order valence-corrected chi connectivity index (χ0v) is 12.6.